The largest absolute Gasteiger partial charge is 0.353 e. The lowest BCUT2D eigenvalue weighted by molar-refractivity contribution is -0.129. The summed E-state index contributed by atoms with van der Waals surface area (Å²) in [6, 6.07) is 1.36. The van der Waals surface area contributed by atoms with E-state index < -0.39 is 0 Å². The van der Waals surface area contributed by atoms with Crippen LogP contribution in [0.4, 0.5) is 0 Å². The van der Waals surface area contributed by atoms with Crippen LogP contribution in [0.2, 0.25) is 0 Å². The molecule has 1 saturated heterocycles. The van der Waals surface area contributed by atoms with Crippen LogP contribution in [0.25, 0.3) is 0 Å². The van der Waals surface area contributed by atoms with Gasteiger partial charge >= 0.3 is 0 Å². The number of likely N-dealkylation sites (tertiary alicyclic amines) is 1. The predicted molar refractivity (Wildman–Crippen MR) is 96.7 cm³/mol. The van der Waals surface area contributed by atoms with Crippen LogP contribution in [0.3, 0.4) is 0 Å². The third-order valence-electron chi connectivity index (χ3n) is 6.39. The third-order valence-corrected chi connectivity index (χ3v) is 6.39. The molecule has 1 heterocycles. The van der Waals surface area contributed by atoms with Gasteiger partial charge in [0, 0.05) is 37.1 Å². The number of rotatable bonds is 3. The Morgan fingerprint density at radius 1 is 1.09 bits per heavy atom. The standard InChI is InChI=1S/C18H33N3O.ClH/c1-12(2)21-8-6-16(7-9-21)20-18(22)15-10-13-4-3-5-14(11-15)17(13)19;/h12-17H,3-11,19H2,1-2H3,(H,20,22);1H. The number of amides is 1. The summed E-state index contributed by atoms with van der Waals surface area (Å²) in [5.41, 5.74) is 6.34. The zero-order valence-electron chi connectivity index (χ0n) is 14.7. The van der Waals surface area contributed by atoms with Crippen molar-refractivity contribution in [3.8, 4) is 0 Å². The Labute approximate surface area is 147 Å². The number of nitrogens with one attached hydrogen (secondary N) is 1. The minimum absolute atomic E-state index is 0. The van der Waals surface area contributed by atoms with Crippen LogP contribution in [-0.2, 0) is 4.79 Å². The fraction of sp³-hybridized carbons (Fsp3) is 0.944. The molecule has 4 nitrogen and oxygen atoms in total. The van der Waals surface area contributed by atoms with Crippen molar-refractivity contribution in [3.63, 3.8) is 0 Å². The number of nitrogens with zero attached hydrogens (tertiary/aromatic N) is 1. The molecular weight excluding hydrogens is 310 g/mol. The first-order chi connectivity index (χ1) is 10.5. The number of fused-ring (bicyclic) bond motifs is 2. The van der Waals surface area contributed by atoms with Crippen molar-refractivity contribution in [1.82, 2.24) is 10.2 Å². The predicted octanol–water partition coefficient (Wildman–Crippen LogP) is 2.55. The number of halogens is 1. The van der Waals surface area contributed by atoms with Crippen LogP contribution in [0.15, 0.2) is 0 Å². The summed E-state index contributed by atoms with van der Waals surface area (Å²) in [4.78, 5) is 15.2. The van der Waals surface area contributed by atoms with E-state index in [9.17, 15) is 4.79 Å². The van der Waals surface area contributed by atoms with E-state index in [1.807, 2.05) is 0 Å². The van der Waals surface area contributed by atoms with Crippen molar-refractivity contribution in [1.29, 1.82) is 0 Å². The lowest BCUT2D eigenvalue weighted by atomic mass is 9.65. The normalized spacial score (nSPS) is 35.7. The van der Waals surface area contributed by atoms with E-state index >= 15 is 0 Å². The van der Waals surface area contributed by atoms with Gasteiger partial charge in [0.1, 0.15) is 0 Å². The van der Waals surface area contributed by atoms with Gasteiger partial charge in [0.25, 0.3) is 0 Å². The molecule has 1 aliphatic heterocycles. The molecule has 2 bridgehead atoms. The fourth-order valence-electron chi connectivity index (χ4n) is 4.88. The molecule has 2 unspecified atom stereocenters. The maximum absolute atomic E-state index is 12.7. The lowest BCUT2D eigenvalue weighted by Gasteiger charge is -2.44. The minimum atomic E-state index is 0. The minimum Gasteiger partial charge on any atom is -0.353 e. The fourth-order valence-corrected chi connectivity index (χ4v) is 4.88. The van der Waals surface area contributed by atoms with Gasteiger partial charge in [-0.1, -0.05) is 6.42 Å². The second-order valence-electron chi connectivity index (χ2n) is 8.11. The van der Waals surface area contributed by atoms with E-state index in [1.165, 1.54) is 19.3 Å². The zero-order chi connectivity index (χ0) is 15.7. The lowest BCUT2D eigenvalue weighted by Crippen LogP contribution is -2.52. The highest BCUT2D eigenvalue weighted by Crippen LogP contribution is 2.41. The Hall–Kier alpha value is -0.320. The molecule has 0 radical (unpaired) electrons. The van der Waals surface area contributed by atoms with Crippen LogP contribution >= 0.6 is 12.4 Å². The van der Waals surface area contributed by atoms with E-state index in [0.717, 1.165) is 38.8 Å². The molecule has 0 spiro atoms. The van der Waals surface area contributed by atoms with Crippen LogP contribution in [0.5, 0.6) is 0 Å². The van der Waals surface area contributed by atoms with E-state index in [0.29, 0.717) is 35.9 Å². The molecule has 1 amide bonds. The summed E-state index contributed by atoms with van der Waals surface area (Å²) in [5, 5.41) is 3.35. The van der Waals surface area contributed by atoms with Crippen LogP contribution in [0, 0.1) is 17.8 Å². The quantitative estimate of drug-likeness (QED) is 0.828. The van der Waals surface area contributed by atoms with E-state index in [4.69, 9.17) is 5.73 Å². The van der Waals surface area contributed by atoms with Crippen molar-refractivity contribution in [2.75, 3.05) is 13.1 Å². The molecular formula is C18H34ClN3O. The summed E-state index contributed by atoms with van der Waals surface area (Å²) in [6.45, 7) is 6.73. The van der Waals surface area contributed by atoms with E-state index in [1.54, 1.807) is 0 Å². The maximum Gasteiger partial charge on any atom is 0.223 e. The zero-order valence-corrected chi connectivity index (χ0v) is 15.5. The van der Waals surface area contributed by atoms with Crippen molar-refractivity contribution in [2.45, 2.75) is 76.9 Å². The number of hydrogen-bond acceptors (Lipinski definition) is 3. The van der Waals surface area contributed by atoms with Gasteiger partial charge in [-0.3, -0.25) is 4.79 Å². The second-order valence-corrected chi connectivity index (χ2v) is 8.11. The first kappa shape index (κ1) is 19.0. The molecule has 0 aromatic rings. The van der Waals surface area contributed by atoms with Gasteiger partial charge in [-0.05, 0) is 64.2 Å². The molecule has 3 fully saturated rings. The van der Waals surface area contributed by atoms with Gasteiger partial charge < -0.3 is 16.0 Å². The van der Waals surface area contributed by atoms with E-state index in [2.05, 4.69) is 24.1 Å². The van der Waals surface area contributed by atoms with Crippen LogP contribution < -0.4 is 11.1 Å². The molecule has 3 aliphatic rings. The number of nitrogens with two attached hydrogens (primary N) is 1. The van der Waals surface area contributed by atoms with Gasteiger partial charge in [0.2, 0.25) is 5.91 Å². The molecule has 2 atom stereocenters. The molecule has 3 rings (SSSR count). The first-order valence-corrected chi connectivity index (χ1v) is 9.34. The topological polar surface area (TPSA) is 58.4 Å². The van der Waals surface area contributed by atoms with Crippen molar-refractivity contribution < 1.29 is 4.79 Å². The van der Waals surface area contributed by atoms with Crippen LogP contribution in [0.1, 0.15) is 58.8 Å². The highest BCUT2D eigenvalue weighted by molar-refractivity contribution is 5.85. The van der Waals surface area contributed by atoms with Gasteiger partial charge in [0.05, 0.1) is 0 Å². The molecule has 0 aromatic heterocycles. The molecule has 134 valence electrons. The summed E-state index contributed by atoms with van der Waals surface area (Å²) >= 11 is 0. The average molecular weight is 344 g/mol. The first-order valence-electron chi connectivity index (χ1n) is 9.34. The molecule has 5 heteroatoms. The van der Waals surface area contributed by atoms with Gasteiger partial charge in [-0.2, -0.15) is 0 Å². The average Bonchev–Trinajstić information content (AvgIpc) is 2.47. The van der Waals surface area contributed by atoms with Crippen molar-refractivity contribution in [3.05, 3.63) is 0 Å². The Kier molecular flexibility index (Phi) is 6.76. The second kappa shape index (κ2) is 8.17. The molecule has 0 aromatic carbocycles. The van der Waals surface area contributed by atoms with Crippen molar-refractivity contribution >= 4 is 18.3 Å². The summed E-state index contributed by atoms with van der Waals surface area (Å²) in [5.74, 6) is 1.71. The Morgan fingerprint density at radius 2 is 1.65 bits per heavy atom. The van der Waals surface area contributed by atoms with Gasteiger partial charge in [-0.25, -0.2) is 0 Å². The summed E-state index contributed by atoms with van der Waals surface area (Å²) < 4.78 is 0. The Morgan fingerprint density at radius 3 is 2.17 bits per heavy atom. The SMILES string of the molecule is CC(C)N1CCC(NC(=O)C2CC3CCCC(C2)C3N)CC1.Cl. The van der Waals surface area contributed by atoms with Crippen molar-refractivity contribution in [2.24, 2.45) is 23.5 Å². The number of hydrogen-bond donors (Lipinski definition) is 2. The third kappa shape index (κ3) is 4.40. The maximum atomic E-state index is 12.7. The number of carbonyl (C=O) groups is 1. The molecule has 2 saturated carbocycles. The Bertz CT molecular complexity index is 382. The van der Waals surface area contributed by atoms with Gasteiger partial charge in [-0.15, -0.1) is 12.4 Å². The molecule has 3 N–H and O–H groups in total. The number of piperidine rings is 1. The highest BCUT2D eigenvalue weighted by Gasteiger charge is 2.40. The monoisotopic (exact) mass is 343 g/mol. The Balaban J connectivity index is 0.00000192. The molecule has 2 aliphatic carbocycles. The highest BCUT2D eigenvalue weighted by atomic mass is 35.5. The summed E-state index contributed by atoms with van der Waals surface area (Å²) in [6.07, 6.45) is 8.02. The van der Waals surface area contributed by atoms with E-state index in [-0.39, 0.29) is 18.3 Å². The van der Waals surface area contributed by atoms with Gasteiger partial charge in [0.15, 0.2) is 0 Å². The number of carbonyl (C=O) groups excluding carboxylic acids is 1. The summed E-state index contributed by atoms with van der Waals surface area (Å²) in [7, 11) is 0. The van der Waals surface area contributed by atoms with Crippen LogP contribution in [-0.4, -0.2) is 42.0 Å². The smallest absolute Gasteiger partial charge is 0.223 e. The molecule has 23 heavy (non-hydrogen) atoms.